The number of carboxylic acids is 1. The van der Waals surface area contributed by atoms with Crippen LogP contribution in [0.1, 0.15) is 86.0 Å². The molecule has 3 aromatic rings. The normalized spacial score (nSPS) is 27.9. The van der Waals surface area contributed by atoms with Gasteiger partial charge in [0.15, 0.2) is 11.4 Å². The van der Waals surface area contributed by atoms with Gasteiger partial charge in [0.25, 0.3) is 0 Å². The minimum Gasteiger partial charge on any atom is -0.491 e. The van der Waals surface area contributed by atoms with Crippen molar-refractivity contribution in [3.63, 3.8) is 0 Å². The van der Waals surface area contributed by atoms with Gasteiger partial charge in [0.2, 0.25) is 11.8 Å². The zero-order chi connectivity index (χ0) is 44.6. The van der Waals surface area contributed by atoms with E-state index in [1.807, 2.05) is 58.2 Å². The number of aliphatic carboxylic acids is 1. The van der Waals surface area contributed by atoms with Crippen molar-refractivity contribution in [2.45, 2.75) is 128 Å². The van der Waals surface area contributed by atoms with E-state index in [1.165, 1.54) is 28.7 Å². The molecule has 2 aliphatic heterocycles. The van der Waals surface area contributed by atoms with Crippen molar-refractivity contribution in [1.29, 1.82) is 0 Å². The molecule has 9 atom stereocenters. The number of hydrogen-bond donors (Lipinski definition) is 4. The predicted molar refractivity (Wildman–Crippen MR) is 235 cm³/mol. The Bertz CT molecular complexity index is 2190. The lowest BCUT2D eigenvalue weighted by atomic mass is 9.85. The Balaban J connectivity index is 1.06. The number of fused-ring (bicyclic) bond motifs is 2. The van der Waals surface area contributed by atoms with Gasteiger partial charge in [0, 0.05) is 47.9 Å². The minimum absolute atomic E-state index is 0.0264. The van der Waals surface area contributed by atoms with Crippen LogP contribution >= 0.6 is 11.3 Å². The number of nitrogens with zero attached hydrogens (tertiary/aromatic N) is 3. The molecule has 2 saturated heterocycles. The highest BCUT2D eigenvalue weighted by Gasteiger charge is 2.61. The van der Waals surface area contributed by atoms with E-state index in [0.29, 0.717) is 65.4 Å². The summed E-state index contributed by atoms with van der Waals surface area (Å²) in [6, 6.07) is 5.29. The fourth-order valence-corrected chi connectivity index (χ4v) is 9.98. The van der Waals surface area contributed by atoms with Crippen LogP contribution in [0.2, 0.25) is 0 Å². The number of ether oxygens (including phenoxy) is 5. The molecule has 3 saturated carbocycles. The average Bonchev–Trinajstić information content (AvgIpc) is 3.91. The van der Waals surface area contributed by atoms with Gasteiger partial charge in [0.1, 0.15) is 53.6 Å². The average molecular weight is 889 g/mol. The maximum Gasteiger partial charge on any atom is 0.408 e. The number of thiazole rings is 1. The lowest BCUT2D eigenvalue weighted by Gasteiger charge is -2.35. The molecule has 3 aliphatic carbocycles. The number of benzene rings is 1. The fraction of sp³-hybridized carbons (Fsp3) is 0.609. The van der Waals surface area contributed by atoms with Gasteiger partial charge < -0.3 is 49.6 Å². The van der Waals surface area contributed by atoms with Crippen molar-refractivity contribution in [3.8, 4) is 22.9 Å². The van der Waals surface area contributed by atoms with Crippen LogP contribution in [0.25, 0.3) is 22.3 Å². The zero-order valence-electron chi connectivity index (χ0n) is 36.7. The van der Waals surface area contributed by atoms with Crippen LogP contribution < -0.4 is 25.4 Å². The Morgan fingerprint density at radius 1 is 1.05 bits per heavy atom. The van der Waals surface area contributed by atoms with Crippen molar-refractivity contribution in [1.82, 2.24) is 25.5 Å². The lowest BCUT2D eigenvalue weighted by Crippen LogP contribution is -2.59. The first kappa shape index (κ1) is 44.6. The third kappa shape index (κ3) is 10.2. The molecule has 63 heavy (non-hydrogen) atoms. The molecule has 4 heterocycles. The molecule has 1 aromatic carbocycles. The Morgan fingerprint density at radius 3 is 2.52 bits per heavy atom. The molecule has 0 spiro atoms. The minimum atomic E-state index is -1.53. The van der Waals surface area contributed by atoms with Crippen molar-refractivity contribution >= 4 is 51.2 Å². The summed E-state index contributed by atoms with van der Waals surface area (Å²) in [6.45, 7) is 14.7. The highest BCUT2D eigenvalue weighted by molar-refractivity contribution is 7.14. The lowest BCUT2D eigenvalue weighted by molar-refractivity contribution is -0.165. The molecule has 17 heteroatoms. The van der Waals surface area contributed by atoms with Crippen LogP contribution in [-0.4, -0.2) is 112 Å². The van der Waals surface area contributed by atoms with Gasteiger partial charge in [-0.1, -0.05) is 26.8 Å². The smallest absolute Gasteiger partial charge is 0.408 e. The van der Waals surface area contributed by atoms with Crippen molar-refractivity contribution in [2.75, 3.05) is 31.7 Å². The van der Waals surface area contributed by atoms with E-state index in [1.54, 1.807) is 6.07 Å². The summed E-state index contributed by atoms with van der Waals surface area (Å²) in [6.07, 6.45) is 5.69. The van der Waals surface area contributed by atoms with Crippen molar-refractivity contribution < 1.29 is 48.0 Å². The number of rotatable bonds is 17. The Labute approximate surface area is 371 Å². The summed E-state index contributed by atoms with van der Waals surface area (Å²) in [5.74, 6) is -0.552. The molecule has 0 bridgehead atoms. The maximum atomic E-state index is 14.8. The van der Waals surface area contributed by atoms with Gasteiger partial charge in [-0.05, 0) is 88.2 Å². The summed E-state index contributed by atoms with van der Waals surface area (Å²) in [5, 5.41) is 22.4. The molecular weight excluding hydrogens is 829 g/mol. The molecule has 5 aliphatic rings. The van der Waals surface area contributed by atoms with Crippen molar-refractivity contribution in [2.24, 2.45) is 23.2 Å². The molecule has 2 aromatic heterocycles. The van der Waals surface area contributed by atoms with Crippen LogP contribution in [0.15, 0.2) is 42.3 Å². The molecule has 340 valence electrons. The largest absolute Gasteiger partial charge is 0.491 e. The van der Waals surface area contributed by atoms with Crippen molar-refractivity contribution in [3.05, 3.63) is 42.3 Å². The Kier molecular flexibility index (Phi) is 12.9. The third-order valence-corrected chi connectivity index (χ3v) is 13.5. The highest BCUT2D eigenvalue weighted by Crippen LogP contribution is 2.52. The molecule has 5 unspecified atom stereocenters. The van der Waals surface area contributed by atoms with E-state index in [-0.39, 0.29) is 37.8 Å². The van der Waals surface area contributed by atoms with Gasteiger partial charge in [-0.15, -0.1) is 17.9 Å². The first-order chi connectivity index (χ1) is 30.1. The number of pyridine rings is 1. The molecular formula is C46H60N6O10S. The number of carbonyl (C=O) groups is 4. The van der Waals surface area contributed by atoms with E-state index >= 15 is 0 Å². The van der Waals surface area contributed by atoms with Crippen LogP contribution in [-0.2, 0) is 28.6 Å². The first-order valence-corrected chi connectivity index (χ1v) is 23.1. The molecule has 4 N–H and O–H groups in total. The highest BCUT2D eigenvalue weighted by atomic mass is 32.1. The molecule has 8 rings (SSSR count). The van der Waals surface area contributed by atoms with E-state index < -0.39 is 58.9 Å². The van der Waals surface area contributed by atoms with E-state index in [2.05, 4.69) is 22.5 Å². The first-order valence-electron chi connectivity index (χ1n) is 22.3. The monoisotopic (exact) mass is 888 g/mol. The van der Waals surface area contributed by atoms with E-state index in [9.17, 15) is 24.3 Å². The predicted octanol–water partition coefficient (Wildman–Crippen LogP) is 6.53. The van der Waals surface area contributed by atoms with Crippen LogP contribution in [0.4, 0.5) is 9.93 Å². The summed E-state index contributed by atoms with van der Waals surface area (Å²) in [5.41, 5.74) is -0.566. The topological polar surface area (TPSA) is 200 Å². The van der Waals surface area contributed by atoms with E-state index in [0.717, 1.165) is 37.2 Å². The quantitative estimate of drug-likeness (QED) is 0.0843. The SMILES string of the molecule is C=C[C@@H]1CC1(NC(=O)[C@@H]1C[C@H](Oc2cc(-c3csc(NC(C)C)n3)nc3cc(OCCOC4CCCCO4)ccc23)CN1C(=O)C(NC(=O)OC1CC2C[C@H]2C1)C(C)(C)C)C(=O)O. The zero-order valence-corrected chi connectivity index (χ0v) is 37.5. The fourth-order valence-electron chi connectivity index (χ4n) is 9.13. The van der Waals surface area contributed by atoms with Gasteiger partial charge >= 0.3 is 12.1 Å². The van der Waals surface area contributed by atoms with E-state index in [4.69, 9.17) is 33.7 Å². The second-order valence-corrected chi connectivity index (χ2v) is 19.9. The number of amides is 3. The number of nitrogens with one attached hydrogen (secondary N) is 3. The molecule has 5 fully saturated rings. The number of carboxylic acid groups (broad SMARTS) is 1. The summed E-state index contributed by atoms with van der Waals surface area (Å²) in [7, 11) is 0. The number of alkyl carbamates (subject to hydrolysis) is 1. The van der Waals surface area contributed by atoms with Crippen LogP contribution in [0, 0.1) is 23.2 Å². The molecule has 3 amide bonds. The maximum absolute atomic E-state index is 14.8. The number of anilines is 1. The summed E-state index contributed by atoms with van der Waals surface area (Å²) in [4.78, 5) is 66.0. The Morgan fingerprint density at radius 2 is 1.84 bits per heavy atom. The second-order valence-electron chi connectivity index (χ2n) is 19.0. The van der Waals surface area contributed by atoms with Crippen LogP contribution in [0.3, 0.4) is 0 Å². The second kappa shape index (κ2) is 18.2. The number of likely N-dealkylation sites (tertiary alicyclic amines) is 1. The number of hydrogen-bond acceptors (Lipinski definition) is 13. The molecule has 0 radical (unpaired) electrons. The third-order valence-electron chi connectivity index (χ3n) is 12.7. The summed E-state index contributed by atoms with van der Waals surface area (Å²) < 4.78 is 30.2. The Hall–Kier alpha value is -5.00. The van der Waals surface area contributed by atoms with Gasteiger partial charge in [-0.25, -0.2) is 19.6 Å². The molecule has 16 nitrogen and oxygen atoms in total. The standard InChI is InChI=1S/C46H60N6O10S/c1-7-28-22-46(28,42(55)56)51-40(53)36-20-31(23-52(36)41(54)39(45(4,5)6)50-44(57)62-30-17-26-16-27(26)18-30)61-37-21-34(35-24-63-43(49-35)47-25(2)3)48-33-19-29(11-12-32(33)37)58-14-15-60-38-10-8-9-13-59-38/h7,11-12,19,21,24-28,30-31,36,38-39H,1,8-10,13-18,20,22-23H2,2-6H3,(H,47,49)(H,50,57)(H,51,53)(H,55,56)/t26-,27?,28+,30?,31-,36-,38?,39?,46?/m0/s1. The number of aromatic nitrogens is 2. The van der Waals surface area contributed by atoms with Gasteiger partial charge in [-0.3, -0.25) is 9.59 Å². The van der Waals surface area contributed by atoms with Gasteiger partial charge in [-0.2, -0.15) is 0 Å². The van der Waals surface area contributed by atoms with Crippen LogP contribution in [0.5, 0.6) is 11.5 Å². The number of carbonyl (C=O) groups excluding carboxylic acids is 3. The summed E-state index contributed by atoms with van der Waals surface area (Å²) >= 11 is 1.46. The van der Waals surface area contributed by atoms with Gasteiger partial charge in [0.05, 0.1) is 24.4 Å².